The Kier molecular flexibility index (Phi) is 49.4. The van der Waals surface area contributed by atoms with E-state index in [9.17, 15) is 9.59 Å². The van der Waals surface area contributed by atoms with Crippen LogP contribution in [0.3, 0.4) is 0 Å². The number of ether oxygens (including phenoxy) is 3. The van der Waals surface area contributed by atoms with Gasteiger partial charge < -0.3 is 14.2 Å². The summed E-state index contributed by atoms with van der Waals surface area (Å²) in [4.78, 5) is 25.4. The lowest BCUT2D eigenvalue weighted by Crippen LogP contribution is -2.30. The third kappa shape index (κ3) is 48.5. The van der Waals surface area contributed by atoms with E-state index in [0.29, 0.717) is 19.4 Å². The van der Waals surface area contributed by atoms with Crippen molar-refractivity contribution >= 4 is 11.9 Å². The average molecular weight is 841 g/mol. The van der Waals surface area contributed by atoms with Crippen LogP contribution in [0, 0.1) is 0 Å². The summed E-state index contributed by atoms with van der Waals surface area (Å²) < 4.78 is 17.4. The van der Waals surface area contributed by atoms with E-state index in [2.05, 4.69) is 69.4 Å². The largest absolute Gasteiger partial charge is 0.462 e. The van der Waals surface area contributed by atoms with E-state index in [4.69, 9.17) is 14.2 Å². The summed E-state index contributed by atoms with van der Waals surface area (Å²) in [6.45, 7) is 7.77. The molecule has 350 valence electrons. The molecule has 0 saturated carbocycles. The minimum Gasteiger partial charge on any atom is -0.462 e. The van der Waals surface area contributed by atoms with Crippen molar-refractivity contribution in [1.82, 2.24) is 0 Å². The quantitative estimate of drug-likeness (QED) is 0.0347. The molecule has 1 unspecified atom stereocenters. The van der Waals surface area contributed by atoms with E-state index in [1.165, 1.54) is 161 Å². The molecule has 0 aliphatic heterocycles. The number of carbonyl (C=O) groups is 2. The molecule has 0 fully saturated rings. The van der Waals surface area contributed by atoms with Gasteiger partial charge >= 0.3 is 11.9 Å². The van der Waals surface area contributed by atoms with E-state index in [-0.39, 0.29) is 25.2 Å². The summed E-state index contributed by atoms with van der Waals surface area (Å²) in [6.07, 6.45) is 62.5. The molecule has 0 heterocycles. The van der Waals surface area contributed by atoms with Crippen molar-refractivity contribution in [3.8, 4) is 0 Å². The number of esters is 2. The lowest BCUT2D eigenvalue weighted by molar-refractivity contribution is -0.163. The van der Waals surface area contributed by atoms with E-state index < -0.39 is 6.10 Å². The Morgan fingerprint density at radius 3 is 1.17 bits per heavy atom. The molecule has 5 heteroatoms. The fourth-order valence-electron chi connectivity index (χ4n) is 7.35. The van der Waals surface area contributed by atoms with Crippen LogP contribution in [0.15, 0.2) is 48.6 Å². The highest BCUT2D eigenvalue weighted by Crippen LogP contribution is 2.14. The maximum absolute atomic E-state index is 12.8. The summed E-state index contributed by atoms with van der Waals surface area (Å²) in [5, 5.41) is 0. The molecule has 0 amide bonds. The topological polar surface area (TPSA) is 61.8 Å². The summed E-state index contributed by atoms with van der Waals surface area (Å²) in [6, 6.07) is 0. The van der Waals surface area contributed by atoms with Gasteiger partial charge in [-0.2, -0.15) is 0 Å². The van der Waals surface area contributed by atoms with Crippen molar-refractivity contribution in [2.24, 2.45) is 0 Å². The van der Waals surface area contributed by atoms with Crippen LogP contribution in [0.5, 0.6) is 0 Å². The second-order valence-electron chi connectivity index (χ2n) is 17.4. The lowest BCUT2D eigenvalue weighted by Gasteiger charge is -2.18. The van der Waals surface area contributed by atoms with Crippen LogP contribution in [-0.2, 0) is 23.8 Å². The van der Waals surface area contributed by atoms with E-state index in [0.717, 1.165) is 70.6 Å². The fourth-order valence-corrected chi connectivity index (χ4v) is 7.35. The highest BCUT2D eigenvalue weighted by Gasteiger charge is 2.17. The zero-order valence-electron chi connectivity index (χ0n) is 40.2. The minimum atomic E-state index is -0.547. The molecule has 0 aromatic carbocycles. The molecule has 0 aromatic rings. The van der Waals surface area contributed by atoms with Crippen molar-refractivity contribution in [2.75, 3.05) is 19.8 Å². The Labute approximate surface area is 373 Å². The van der Waals surface area contributed by atoms with Crippen LogP contribution in [0.25, 0.3) is 0 Å². The van der Waals surface area contributed by atoms with Crippen molar-refractivity contribution in [1.29, 1.82) is 0 Å². The number of carbonyl (C=O) groups excluding carboxylic acids is 2. The molecule has 0 bridgehead atoms. The van der Waals surface area contributed by atoms with Gasteiger partial charge in [-0.15, -0.1) is 0 Å². The van der Waals surface area contributed by atoms with Crippen LogP contribution >= 0.6 is 0 Å². The van der Waals surface area contributed by atoms with Crippen molar-refractivity contribution in [3.05, 3.63) is 48.6 Å². The van der Waals surface area contributed by atoms with Gasteiger partial charge in [0.25, 0.3) is 0 Å². The van der Waals surface area contributed by atoms with Crippen molar-refractivity contribution < 1.29 is 23.8 Å². The second-order valence-corrected chi connectivity index (χ2v) is 17.4. The Hall–Kier alpha value is -2.14. The molecule has 0 radical (unpaired) electrons. The molecule has 60 heavy (non-hydrogen) atoms. The van der Waals surface area contributed by atoms with Gasteiger partial charge in [0, 0.05) is 19.4 Å². The predicted octanol–water partition coefficient (Wildman–Crippen LogP) is 17.6. The zero-order chi connectivity index (χ0) is 43.5. The normalized spacial score (nSPS) is 12.5. The Morgan fingerprint density at radius 1 is 0.367 bits per heavy atom. The predicted molar refractivity (Wildman–Crippen MR) is 261 cm³/mol. The van der Waals surface area contributed by atoms with Gasteiger partial charge in [-0.3, -0.25) is 9.59 Å². The average Bonchev–Trinajstić information content (AvgIpc) is 3.25. The van der Waals surface area contributed by atoms with Crippen molar-refractivity contribution in [2.45, 2.75) is 271 Å². The molecule has 0 saturated heterocycles. The van der Waals surface area contributed by atoms with Gasteiger partial charge in [0.1, 0.15) is 6.61 Å². The Bertz CT molecular complexity index is 997. The third-order valence-electron chi connectivity index (χ3n) is 11.3. The van der Waals surface area contributed by atoms with Gasteiger partial charge in [-0.1, -0.05) is 198 Å². The zero-order valence-corrected chi connectivity index (χ0v) is 40.2. The molecule has 0 aliphatic carbocycles. The monoisotopic (exact) mass is 841 g/mol. The first-order chi connectivity index (χ1) is 29.6. The van der Waals surface area contributed by atoms with Crippen molar-refractivity contribution in [3.63, 3.8) is 0 Å². The number of rotatable bonds is 48. The van der Waals surface area contributed by atoms with E-state index in [1.807, 2.05) is 0 Å². The maximum Gasteiger partial charge on any atom is 0.306 e. The highest BCUT2D eigenvalue weighted by molar-refractivity contribution is 5.70. The van der Waals surface area contributed by atoms with Gasteiger partial charge in [-0.05, 0) is 103 Å². The number of allylic oxidation sites excluding steroid dienone is 8. The number of hydrogen-bond donors (Lipinski definition) is 0. The van der Waals surface area contributed by atoms with E-state index >= 15 is 0 Å². The van der Waals surface area contributed by atoms with Gasteiger partial charge in [0.05, 0.1) is 6.61 Å². The van der Waals surface area contributed by atoms with Gasteiger partial charge in [0.2, 0.25) is 0 Å². The smallest absolute Gasteiger partial charge is 0.306 e. The minimum absolute atomic E-state index is 0.0738. The Balaban J connectivity index is 4.30. The van der Waals surface area contributed by atoms with Crippen LogP contribution in [0.2, 0.25) is 0 Å². The molecular weight excluding hydrogens is 741 g/mol. The van der Waals surface area contributed by atoms with Crippen LogP contribution in [0.4, 0.5) is 0 Å². The first-order valence-electron chi connectivity index (χ1n) is 26.2. The molecular formula is C55H100O5. The first kappa shape index (κ1) is 57.9. The molecule has 0 spiro atoms. The molecule has 0 aliphatic rings. The summed E-state index contributed by atoms with van der Waals surface area (Å²) in [7, 11) is 0. The summed E-state index contributed by atoms with van der Waals surface area (Å²) in [5.74, 6) is -0.418. The fraction of sp³-hybridized carbons (Fsp3) is 0.818. The molecule has 1 atom stereocenters. The Morgan fingerprint density at radius 2 is 0.700 bits per heavy atom. The summed E-state index contributed by atoms with van der Waals surface area (Å²) in [5.41, 5.74) is 0. The van der Waals surface area contributed by atoms with Crippen LogP contribution in [0.1, 0.15) is 265 Å². The van der Waals surface area contributed by atoms with Crippen LogP contribution < -0.4 is 0 Å². The lowest BCUT2D eigenvalue weighted by atomic mass is 10.1. The molecule has 0 rings (SSSR count). The number of hydrogen-bond acceptors (Lipinski definition) is 5. The van der Waals surface area contributed by atoms with Gasteiger partial charge in [-0.25, -0.2) is 0 Å². The summed E-state index contributed by atoms with van der Waals surface area (Å²) >= 11 is 0. The molecule has 0 aromatic heterocycles. The molecule has 0 N–H and O–H groups in total. The first-order valence-corrected chi connectivity index (χ1v) is 26.2. The standard InChI is InChI=1S/C55H100O5/c1-4-7-10-13-16-19-22-25-28-30-33-36-39-42-45-48-54(56)59-52-53(51-58-50-47-44-41-38-35-32-27-24-21-18-15-12-9-6-3)60-55(57)49-46-43-40-37-34-31-29-26-23-20-17-14-11-8-5-2/h16,19,21,24-26,28-29,53H,4-15,17-18,20,22-23,27,30-52H2,1-3H3/b19-16-,24-21-,28-25-,29-26-. The molecule has 5 nitrogen and oxygen atoms in total. The second kappa shape index (κ2) is 51.2. The van der Waals surface area contributed by atoms with Crippen LogP contribution in [-0.4, -0.2) is 37.9 Å². The highest BCUT2D eigenvalue weighted by atomic mass is 16.6. The third-order valence-corrected chi connectivity index (χ3v) is 11.3. The SMILES string of the molecule is CCCCC/C=C\C/C=C\CCCCCCCC(=O)OCC(COCCCCCCCC/C=C\CCCCCC)OC(=O)CCCCCCC/C=C\CCCCCCCC. The maximum atomic E-state index is 12.8. The van der Waals surface area contributed by atoms with Gasteiger partial charge in [0.15, 0.2) is 6.10 Å². The van der Waals surface area contributed by atoms with E-state index in [1.54, 1.807) is 0 Å². The number of unbranched alkanes of at least 4 members (excludes halogenated alkanes) is 29.